The Balaban J connectivity index is 0.000000214. The SMILES string of the molecule is CC(C)(c1ccccc1)c1ccc(OP(O)O)c(C(C)(C)c2ccccc2)c1.CC(C)(c1ccccc1)c1ccc(OP(O)O)c(C(C)(C)c2ccccc2)c1. The standard InChI is InChI=1S/2C24H27O3P/c2*1-23(2,18-11-7-5-8-12-18)20-15-16-22(27-28(25)26)21(17-20)24(3,4)19-13-9-6-10-14-19/h2*5-17,25-26H,1-4H3. The molecule has 56 heavy (non-hydrogen) atoms. The van der Waals surface area contributed by atoms with Crippen LogP contribution in [-0.4, -0.2) is 19.6 Å². The molecule has 6 rings (SSSR count). The fraction of sp³-hybridized carbons (Fsp3) is 0.250. The Labute approximate surface area is 335 Å². The predicted molar refractivity (Wildman–Crippen MR) is 231 cm³/mol. The van der Waals surface area contributed by atoms with E-state index in [0.717, 1.165) is 33.4 Å². The lowest BCUT2D eigenvalue weighted by molar-refractivity contribution is 0.369. The first-order valence-corrected chi connectivity index (χ1v) is 21.0. The van der Waals surface area contributed by atoms with Gasteiger partial charge in [0.05, 0.1) is 0 Å². The average Bonchev–Trinajstić information content (AvgIpc) is 3.19. The van der Waals surface area contributed by atoms with Crippen molar-refractivity contribution in [2.45, 2.75) is 77.0 Å². The topological polar surface area (TPSA) is 99.4 Å². The summed E-state index contributed by atoms with van der Waals surface area (Å²) in [6, 6.07) is 53.1. The molecule has 0 spiro atoms. The first-order chi connectivity index (χ1) is 26.5. The number of rotatable bonds is 12. The van der Waals surface area contributed by atoms with Gasteiger partial charge in [0.25, 0.3) is 0 Å². The van der Waals surface area contributed by atoms with Crippen LogP contribution in [0.5, 0.6) is 11.5 Å². The summed E-state index contributed by atoms with van der Waals surface area (Å²) in [4.78, 5) is 37.9. The van der Waals surface area contributed by atoms with Crippen LogP contribution in [0, 0.1) is 0 Å². The smallest absolute Gasteiger partial charge is 0.391 e. The molecule has 0 aliphatic heterocycles. The van der Waals surface area contributed by atoms with Crippen LogP contribution in [0.4, 0.5) is 0 Å². The number of benzene rings is 6. The molecular formula is C48H54O6P2. The van der Waals surface area contributed by atoms with Gasteiger partial charge < -0.3 is 28.6 Å². The first-order valence-electron chi connectivity index (χ1n) is 18.7. The van der Waals surface area contributed by atoms with Gasteiger partial charge in [0.2, 0.25) is 0 Å². The van der Waals surface area contributed by atoms with Crippen molar-refractivity contribution in [3.63, 3.8) is 0 Å². The summed E-state index contributed by atoms with van der Waals surface area (Å²) < 4.78 is 10.8. The van der Waals surface area contributed by atoms with E-state index >= 15 is 0 Å². The lowest BCUT2D eigenvalue weighted by atomic mass is 9.73. The number of hydrogen-bond donors (Lipinski definition) is 4. The molecule has 0 heterocycles. The third-order valence-electron chi connectivity index (χ3n) is 11.1. The minimum absolute atomic E-state index is 0.204. The maximum Gasteiger partial charge on any atom is 0.391 e. The van der Waals surface area contributed by atoms with Gasteiger partial charge in [-0.3, -0.25) is 0 Å². The first kappa shape index (κ1) is 42.8. The summed E-state index contributed by atoms with van der Waals surface area (Å²) in [5.41, 5.74) is 7.70. The second-order valence-corrected chi connectivity index (χ2v) is 17.5. The molecule has 0 saturated carbocycles. The van der Waals surface area contributed by atoms with Crippen LogP contribution in [0.25, 0.3) is 0 Å². The van der Waals surface area contributed by atoms with Gasteiger partial charge in [-0.15, -0.1) is 0 Å². The van der Waals surface area contributed by atoms with Crippen LogP contribution in [0.1, 0.15) is 99.9 Å². The highest BCUT2D eigenvalue weighted by molar-refractivity contribution is 7.40. The summed E-state index contributed by atoms with van der Waals surface area (Å²) in [7, 11) is -4.98. The highest BCUT2D eigenvalue weighted by Gasteiger charge is 2.33. The van der Waals surface area contributed by atoms with E-state index in [9.17, 15) is 19.6 Å². The molecule has 0 aliphatic carbocycles. The molecule has 0 atom stereocenters. The van der Waals surface area contributed by atoms with Gasteiger partial charge in [-0.2, -0.15) is 0 Å². The average molecular weight is 789 g/mol. The molecular weight excluding hydrogens is 734 g/mol. The van der Waals surface area contributed by atoms with Crippen molar-refractivity contribution < 1.29 is 28.6 Å². The Hall–Kier alpha value is -4.38. The third kappa shape index (κ3) is 9.76. The molecule has 0 unspecified atom stereocenters. The Morgan fingerprint density at radius 1 is 0.321 bits per heavy atom. The third-order valence-corrected chi connectivity index (χ3v) is 11.8. The van der Waals surface area contributed by atoms with Crippen LogP contribution >= 0.6 is 17.2 Å². The second kappa shape index (κ2) is 17.8. The molecule has 0 saturated heterocycles. The molecule has 4 N–H and O–H groups in total. The van der Waals surface area contributed by atoms with Crippen LogP contribution in [0.2, 0.25) is 0 Å². The maximum atomic E-state index is 9.47. The van der Waals surface area contributed by atoms with E-state index < -0.39 is 17.2 Å². The van der Waals surface area contributed by atoms with Crippen molar-refractivity contribution in [1.29, 1.82) is 0 Å². The van der Waals surface area contributed by atoms with Crippen LogP contribution in [-0.2, 0) is 21.7 Å². The van der Waals surface area contributed by atoms with Gasteiger partial charge in [-0.1, -0.05) is 201 Å². The van der Waals surface area contributed by atoms with Crippen LogP contribution < -0.4 is 9.05 Å². The maximum absolute atomic E-state index is 9.47. The quantitative estimate of drug-likeness (QED) is 0.0922. The summed E-state index contributed by atoms with van der Waals surface area (Å²) in [5.74, 6) is 0.996. The molecule has 8 heteroatoms. The minimum Gasteiger partial charge on any atom is -0.427 e. The second-order valence-electron chi connectivity index (χ2n) is 16.1. The molecule has 292 valence electrons. The lowest BCUT2D eigenvalue weighted by Crippen LogP contribution is -2.23. The van der Waals surface area contributed by atoms with E-state index in [1.165, 1.54) is 11.1 Å². The van der Waals surface area contributed by atoms with Gasteiger partial charge in [-0.25, -0.2) is 0 Å². The summed E-state index contributed by atoms with van der Waals surface area (Å²) in [5, 5.41) is 0. The summed E-state index contributed by atoms with van der Waals surface area (Å²) >= 11 is 0. The van der Waals surface area contributed by atoms with E-state index in [4.69, 9.17) is 9.05 Å². The van der Waals surface area contributed by atoms with Gasteiger partial charge in [0.1, 0.15) is 11.5 Å². The normalized spacial score (nSPS) is 12.2. The lowest BCUT2D eigenvalue weighted by Gasteiger charge is -2.32. The van der Waals surface area contributed by atoms with Gasteiger partial charge in [0, 0.05) is 32.8 Å². The van der Waals surface area contributed by atoms with E-state index in [0.29, 0.717) is 11.5 Å². The number of hydrogen-bond acceptors (Lipinski definition) is 6. The van der Waals surface area contributed by atoms with Crippen LogP contribution in [0.15, 0.2) is 158 Å². The molecule has 0 fully saturated rings. The molecule has 6 aromatic rings. The Morgan fingerprint density at radius 2 is 0.571 bits per heavy atom. The van der Waals surface area contributed by atoms with Crippen LogP contribution in [0.3, 0.4) is 0 Å². The molecule has 0 bridgehead atoms. The van der Waals surface area contributed by atoms with Gasteiger partial charge in [0.15, 0.2) is 0 Å². The summed E-state index contributed by atoms with van der Waals surface area (Å²) in [6.45, 7) is 17.3. The molecule has 0 aromatic heterocycles. The molecule has 0 aliphatic rings. The van der Waals surface area contributed by atoms with Crippen molar-refractivity contribution >= 4 is 17.2 Å². The Kier molecular flexibility index (Phi) is 13.6. The molecule has 6 nitrogen and oxygen atoms in total. The highest BCUT2D eigenvalue weighted by atomic mass is 31.2. The molecule has 0 radical (unpaired) electrons. The largest absolute Gasteiger partial charge is 0.427 e. The van der Waals surface area contributed by atoms with E-state index in [1.807, 2.05) is 97.1 Å². The fourth-order valence-electron chi connectivity index (χ4n) is 7.21. The Bertz CT molecular complexity index is 1990. The van der Waals surface area contributed by atoms with Crippen molar-refractivity contribution in [2.24, 2.45) is 0 Å². The monoisotopic (exact) mass is 788 g/mol. The summed E-state index contributed by atoms with van der Waals surface area (Å²) in [6.07, 6.45) is 0. The highest BCUT2D eigenvalue weighted by Crippen LogP contribution is 2.46. The van der Waals surface area contributed by atoms with Crippen molar-refractivity contribution in [3.8, 4) is 11.5 Å². The van der Waals surface area contributed by atoms with Crippen molar-refractivity contribution in [2.75, 3.05) is 0 Å². The predicted octanol–water partition coefficient (Wildman–Crippen LogP) is 11.9. The van der Waals surface area contributed by atoms with Crippen molar-refractivity contribution in [1.82, 2.24) is 0 Å². The van der Waals surface area contributed by atoms with E-state index in [-0.39, 0.29) is 21.7 Å². The zero-order valence-electron chi connectivity index (χ0n) is 33.5. The molecule has 0 amide bonds. The zero-order valence-corrected chi connectivity index (χ0v) is 35.3. The Morgan fingerprint density at radius 3 is 0.821 bits per heavy atom. The van der Waals surface area contributed by atoms with Gasteiger partial charge >= 0.3 is 17.2 Å². The van der Waals surface area contributed by atoms with E-state index in [2.05, 4.69) is 116 Å². The fourth-order valence-corrected chi connectivity index (χ4v) is 7.88. The zero-order chi connectivity index (χ0) is 40.7. The minimum atomic E-state index is -2.49. The van der Waals surface area contributed by atoms with Gasteiger partial charge in [-0.05, 0) is 45.5 Å². The van der Waals surface area contributed by atoms with E-state index in [1.54, 1.807) is 0 Å². The molecule has 6 aromatic carbocycles. The van der Waals surface area contributed by atoms with Crippen molar-refractivity contribution in [3.05, 3.63) is 202 Å².